The standard InChI is InChI=1S/C15H16O4Se/c1-17-13-9-12(10-14(18-2)15(13)19-3)20(16)11-7-5-4-6-8-11/h4-10H,1-3H3. The van der Waals surface area contributed by atoms with E-state index >= 15 is 0 Å². The third-order valence-corrected chi connectivity index (χ3v) is 5.67. The van der Waals surface area contributed by atoms with Crippen molar-refractivity contribution in [2.75, 3.05) is 21.3 Å². The van der Waals surface area contributed by atoms with Gasteiger partial charge < -0.3 is 0 Å². The van der Waals surface area contributed by atoms with Crippen LogP contribution in [0.1, 0.15) is 0 Å². The van der Waals surface area contributed by atoms with Crippen molar-refractivity contribution in [1.29, 1.82) is 0 Å². The molecule has 0 heterocycles. The second-order valence-corrected chi connectivity index (χ2v) is 7.05. The first-order valence-electron chi connectivity index (χ1n) is 5.98. The minimum atomic E-state index is -2.35. The van der Waals surface area contributed by atoms with Crippen molar-refractivity contribution in [1.82, 2.24) is 0 Å². The summed E-state index contributed by atoms with van der Waals surface area (Å²) in [6, 6.07) is 12.9. The molecule has 20 heavy (non-hydrogen) atoms. The molecule has 0 fully saturated rings. The summed E-state index contributed by atoms with van der Waals surface area (Å²) in [5, 5.41) is 0. The van der Waals surface area contributed by atoms with Gasteiger partial charge in [-0.05, 0) is 0 Å². The topological polar surface area (TPSA) is 44.8 Å². The van der Waals surface area contributed by atoms with E-state index in [9.17, 15) is 3.83 Å². The third-order valence-electron chi connectivity index (χ3n) is 2.81. The summed E-state index contributed by atoms with van der Waals surface area (Å²) >= 11 is -2.35. The summed E-state index contributed by atoms with van der Waals surface area (Å²) in [6.45, 7) is 0. The van der Waals surface area contributed by atoms with E-state index in [-0.39, 0.29) is 0 Å². The number of hydrogen-bond acceptors (Lipinski definition) is 4. The first-order chi connectivity index (χ1) is 9.71. The Balaban J connectivity index is 2.50. The van der Waals surface area contributed by atoms with E-state index in [1.54, 1.807) is 33.5 Å². The third kappa shape index (κ3) is 2.84. The fourth-order valence-corrected chi connectivity index (χ4v) is 4.16. The zero-order valence-electron chi connectivity index (χ0n) is 11.6. The van der Waals surface area contributed by atoms with E-state index in [1.165, 1.54) is 0 Å². The van der Waals surface area contributed by atoms with Crippen molar-refractivity contribution >= 4 is 22.8 Å². The average molecular weight is 339 g/mol. The van der Waals surface area contributed by atoms with Crippen LogP contribution in [0.25, 0.3) is 0 Å². The molecule has 106 valence electrons. The second kappa shape index (κ2) is 6.55. The van der Waals surface area contributed by atoms with E-state index in [1.807, 2.05) is 30.3 Å². The van der Waals surface area contributed by atoms with E-state index in [0.29, 0.717) is 21.7 Å². The normalized spacial score (nSPS) is 11.8. The summed E-state index contributed by atoms with van der Waals surface area (Å²) in [4.78, 5) is 0. The van der Waals surface area contributed by atoms with Crippen LogP contribution in [-0.4, -0.2) is 35.2 Å². The molecule has 0 saturated heterocycles. The second-order valence-electron chi connectivity index (χ2n) is 3.94. The number of methoxy groups -OCH3 is 3. The number of rotatable bonds is 5. The molecule has 2 aromatic rings. The summed E-state index contributed by atoms with van der Waals surface area (Å²) in [6.07, 6.45) is 0. The quantitative estimate of drug-likeness (QED) is 0.769. The molecule has 0 aliphatic carbocycles. The van der Waals surface area contributed by atoms with Crippen molar-refractivity contribution in [3.63, 3.8) is 0 Å². The van der Waals surface area contributed by atoms with Gasteiger partial charge in [-0.1, -0.05) is 0 Å². The SMILES string of the molecule is COc1cc([Se](=O)c2ccccc2)cc(OC)c1OC. The molecule has 0 aliphatic heterocycles. The molecule has 0 spiro atoms. The van der Waals surface area contributed by atoms with E-state index < -0.39 is 13.8 Å². The average Bonchev–Trinajstić information content (AvgIpc) is 2.53. The van der Waals surface area contributed by atoms with Crippen LogP contribution in [0.5, 0.6) is 17.2 Å². The van der Waals surface area contributed by atoms with Gasteiger partial charge in [0.2, 0.25) is 0 Å². The van der Waals surface area contributed by atoms with Crippen molar-refractivity contribution in [3.05, 3.63) is 42.5 Å². The van der Waals surface area contributed by atoms with Crippen molar-refractivity contribution in [3.8, 4) is 17.2 Å². The minimum absolute atomic E-state index is 0.505. The van der Waals surface area contributed by atoms with Gasteiger partial charge in [-0.15, -0.1) is 0 Å². The Kier molecular flexibility index (Phi) is 4.77. The predicted molar refractivity (Wildman–Crippen MR) is 78.2 cm³/mol. The molecule has 0 bridgehead atoms. The molecular weight excluding hydrogens is 323 g/mol. The van der Waals surface area contributed by atoms with Crippen molar-refractivity contribution in [2.24, 2.45) is 0 Å². The van der Waals surface area contributed by atoms with Gasteiger partial charge >= 0.3 is 122 Å². The van der Waals surface area contributed by atoms with Crippen LogP contribution in [0.3, 0.4) is 0 Å². The fraction of sp³-hybridized carbons (Fsp3) is 0.200. The van der Waals surface area contributed by atoms with Crippen LogP contribution < -0.4 is 23.1 Å². The molecule has 0 saturated carbocycles. The maximum atomic E-state index is 12.6. The Morgan fingerprint density at radius 3 is 1.80 bits per heavy atom. The zero-order valence-corrected chi connectivity index (χ0v) is 13.3. The fourth-order valence-electron chi connectivity index (χ4n) is 1.84. The Labute approximate surface area is 122 Å². The van der Waals surface area contributed by atoms with Gasteiger partial charge in [-0.2, -0.15) is 0 Å². The first-order valence-corrected chi connectivity index (χ1v) is 8.39. The molecule has 0 aliphatic rings. The molecule has 4 nitrogen and oxygen atoms in total. The monoisotopic (exact) mass is 340 g/mol. The van der Waals surface area contributed by atoms with Gasteiger partial charge in [0.25, 0.3) is 0 Å². The summed E-state index contributed by atoms with van der Waals surface area (Å²) in [5.74, 6) is 1.54. The Morgan fingerprint density at radius 1 is 0.800 bits per heavy atom. The maximum absolute atomic E-state index is 12.6. The summed E-state index contributed by atoms with van der Waals surface area (Å²) in [5.41, 5.74) is 0. The molecule has 2 rings (SSSR count). The molecule has 1 atom stereocenters. The summed E-state index contributed by atoms with van der Waals surface area (Å²) in [7, 11) is 4.63. The van der Waals surface area contributed by atoms with E-state index in [4.69, 9.17) is 14.2 Å². The van der Waals surface area contributed by atoms with Gasteiger partial charge in [0, 0.05) is 0 Å². The van der Waals surface area contributed by atoms with Crippen LogP contribution in [0.15, 0.2) is 42.5 Å². The summed E-state index contributed by atoms with van der Waals surface area (Å²) < 4.78 is 30.0. The number of ether oxygens (including phenoxy) is 3. The van der Waals surface area contributed by atoms with Crippen molar-refractivity contribution in [2.45, 2.75) is 0 Å². The zero-order chi connectivity index (χ0) is 14.5. The molecule has 0 N–H and O–H groups in total. The molecule has 0 aromatic heterocycles. The van der Waals surface area contributed by atoms with Gasteiger partial charge in [0.05, 0.1) is 0 Å². The first kappa shape index (κ1) is 14.6. The van der Waals surface area contributed by atoms with Gasteiger partial charge in [0.1, 0.15) is 0 Å². The van der Waals surface area contributed by atoms with Crippen LogP contribution in [0.2, 0.25) is 0 Å². The molecular formula is C15H16O4Se. The van der Waals surface area contributed by atoms with Crippen LogP contribution >= 0.6 is 0 Å². The molecule has 1 unspecified atom stereocenters. The Morgan fingerprint density at radius 2 is 1.35 bits per heavy atom. The number of hydrogen-bond donors (Lipinski definition) is 0. The molecule has 5 heteroatoms. The predicted octanol–water partition coefficient (Wildman–Crippen LogP) is 1.25. The van der Waals surface area contributed by atoms with E-state index in [0.717, 1.165) is 4.46 Å². The van der Waals surface area contributed by atoms with Crippen molar-refractivity contribution < 1.29 is 18.0 Å². The van der Waals surface area contributed by atoms with Gasteiger partial charge in [-0.25, -0.2) is 0 Å². The van der Waals surface area contributed by atoms with Crippen LogP contribution in [0, 0.1) is 0 Å². The van der Waals surface area contributed by atoms with Gasteiger partial charge in [-0.3, -0.25) is 0 Å². The molecule has 0 amide bonds. The number of benzene rings is 2. The van der Waals surface area contributed by atoms with Crippen LogP contribution in [-0.2, 0) is 3.83 Å². The Hall–Kier alpha value is -1.84. The Bertz CT molecular complexity index is 586. The van der Waals surface area contributed by atoms with Crippen LogP contribution in [0.4, 0.5) is 0 Å². The van der Waals surface area contributed by atoms with Gasteiger partial charge in [0.15, 0.2) is 0 Å². The molecule has 0 radical (unpaired) electrons. The van der Waals surface area contributed by atoms with E-state index in [2.05, 4.69) is 0 Å². The molecule has 2 aromatic carbocycles.